The van der Waals surface area contributed by atoms with Crippen LogP contribution in [0, 0.1) is 17.8 Å². The molecule has 1 aromatic carbocycles. The first kappa shape index (κ1) is 21.8. The first-order chi connectivity index (χ1) is 12.1. The molecule has 1 aromatic heterocycles. The number of nitrogens with zero attached hydrogens (tertiary/aromatic N) is 3. The minimum absolute atomic E-state index is 0.0722. The quantitative estimate of drug-likeness (QED) is 0.509. The van der Waals surface area contributed by atoms with Gasteiger partial charge in [0.1, 0.15) is 11.0 Å². The number of aliphatic hydroxyl groups excluding tert-OH is 1. The van der Waals surface area contributed by atoms with Gasteiger partial charge in [-0.3, -0.25) is 0 Å². The van der Waals surface area contributed by atoms with E-state index < -0.39 is 0 Å². The molecule has 1 heterocycles. The number of halogens is 1. The molecule has 0 atom stereocenters. The first-order valence-electron chi connectivity index (χ1n) is 8.62. The van der Waals surface area contributed by atoms with Gasteiger partial charge in [-0.2, -0.15) is 4.80 Å². The highest BCUT2D eigenvalue weighted by atomic mass is 35.5. The number of fused-ring (bicyclic) bond motifs is 1. The van der Waals surface area contributed by atoms with Crippen molar-refractivity contribution in [1.29, 1.82) is 0 Å². The summed E-state index contributed by atoms with van der Waals surface area (Å²) in [5, 5.41) is 20.1. The molecule has 0 aliphatic carbocycles. The second-order valence-corrected chi connectivity index (χ2v) is 7.45. The first-order valence-corrected chi connectivity index (χ1v) is 9.00. The lowest BCUT2D eigenvalue weighted by Crippen LogP contribution is -2.11. The third-order valence-electron chi connectivity index (χ3n) is 3.95. The van der Waals surface area contributed by atoms with Crippen molar-refractivity contribution in [3.05, 3.63) is 40.6 Å². The number of allylic oxidation sites excluding steroid dienone is 3. The second-order valence-electron chi connectivity index (χ2n) is 7.01. The van der Waals surface area contributed by atoms with Gasteiger partial charge in [0.25, 0.3) is 0 Å². The minimum atomic E-state index is -0.0722. The Morgan fingerprint density at radius 3 is 2.42 bits per heavy atom. The third-order valence-corrected chi connectivity index (χ3v) is 4.18. The molecule has 1 N–H and O–H groups in total. The van der Waals surface area contributed by atoms with Crippen molar-refractivity contribution in [2.24, 2.45) is 5.41 Å². The number of terminal acetylenes is 1. The third kappa shape index (κ3) is 5.93. The van der Waals surface area contributed by atoms with Gasteiger partial charge in [0, 0.05) is 11.4 Å². The van der Waals surface area contributed by atoms with Gasteiger partial charge in [0.05, 0.1) is 11.5 Å². The lowest BCUT2D eigenvalue weighted by Gasteiger charge is -2.21. The van der Waals surface area contributed by atoms with E-state index in [2.05, 4.69) is 50.2 Å². The van der Waals surface area contributed by atoms with Crippen LogP contribution < -0.4 is 0 Å². The van der Waals surface area contributed by atoms with Crippen LogP contribution in [0.5, 0.6) is 0 Å². The predicted octanol–water partition coefficient (Wildman–Crippen LogP) is 6.24. The lowest BCUT2D eigenvalue weighted by molar-refractivity contribution is 0.364. The van der Waals surface area contributed by atoms with Crippen molar-refractivity contribution in [1.82, 2.24) is 15.0 Å². The molecule has 4 nitrogen and oxygen atoms in total. The molecule has 0 aliphatic heterocycles. The average Bonchev–Trinajstić information content (AvgIpc) is 2.96. The Labute approximate surface area is 161 Å². The van der Waals surface area contributed by atoms with Gasteiger partial charge >= 0.3 is 0 Å². The topological polar surface area (TPSA) is 50.9 Å². The molecule has 0 saturated carbocycles. The zero-order valence-corrected chi connectivity index (χ0v) is 17.2. The van der Waals surface area contributed by atoms with E-state index in [0.29, 0.717) is 17.2 Å². The van der Waals surface area contributed by atoms with Crippen molar-refractivity contribution in [2.75, 3.05) is 0 Å². The van der Waals surface area contributed by atoms with Gasteiger partial charge < -0.3 is 5.11 Å². The highest BCUT2D eigenvalue weighted by molar-refractivity contribution is 6.31. The summed E-state index contributed by atoms with van der Waals surface area (Å²) in [4.78, 5) is 1.59. The molecule has 0 saturated heterocycles. The molecule has 0 unspecified atom stereocenters. The van der Waals surface area contributed by atoms with E-state index >= 15 is 0 Å². The van der Waals surface area contributed by atoms with E-state index in [9.17, 15) is 5.11 Å². The van der Waals surface area contributed by atoms with E-state index in [0.717, 1.165) is 28.7 Å². The zero-order valence-electron chi connectivity index (χ0n) is 16.5. The Bertz CT molecular complexity index is 848. The molecule has 0 fully saturated rings. The van der Waals surface area contributed by atoms with Crippen LogP contribution >= 0.6 is 11.6 Å². The summed E-state index contributed by atoms with van der Waals surface area (Å²) in [6.45, 7) is 11.9. The van der Waals surface area contributed by atoms with E-state index in [4.69, 9.17) is 11.6 Å². The maximum absolute atomic E-state index is 10.5. The molecule has 0 radical (unpaired) electrons. The molecular weight excluding hydrogens is 346 g/mol. The summed E-state index contributed by atoms with van der Waals surface area (Å²) >= 11 is 6.01. The van der Waals surface area contributed by atoms with Crippen LogP contribution in [0.2, 0.25) is 5.02 Å². The van der Waals surface area contributed by atoms with Crippen molar-refractivity contribution >= 4 is 28.3 Å². The van der Waals surface area contributed by atoms with Crippen molar-refractivity contribution in [3.8, 4) is 12.3 Å². The number of aromatic nitrogens is 3. The monoisotopic (exact) mass is 373 g/mol. The number of benzene rings is 1. The van der Waals surface area contributed by atoms with Crippen LogP contribution in [0.3, 0.4) is 0 Å². The van der Waals surface area contributed by atoms with Crippen LogP contribution in [0.4, 0.5) is 0 Å². The van der Waals surface area contributed by atoms with E-state index in [1.165, 1.54) is 0 Å². The SMILES string of the molecule is C#CC.CC/C=C(\C/C(O)=C(\C)C(C)(C)C)n1nc2ccc(Cl)cc2n1. The molecule has 2 rings (SSSR count). The molecule has 140 valence electrons. The largest absolute Gasteiger partial charge is 0.512 e. The zero-order chi connectivity index (χ0) is 19.9. The molecule has 0 aliphatic rings. The fraction of sp³-hybridized carbons (Fsp3) is 0.429. The number of hydrogen-bond donors (Lipinski definition) is 1. The van der Waals surface area contributed by atoms with Gasteiger partial charge in [-0.1, -0.05) is 45.4 Å². The molecule has 5 heteroatoms. The van der Waals surface area contributed by atoms with Crippen molar-refractivity contribution < 1.29 is 5.11 Å². The molecular formula is C21H28ClN3O. The lowest BCUT2D eigenvalue weighted by atomic mass is 9.86. The molecule has 0 bridgehead atoms. The molecule has 0 amide bonds. The number of hydrogen-bond acceptors (Lipinski definition) is 3. The summed E-state index contributed by atoms with van der Waals surface area (Å²) < 4.78 is 0. The second kappa shape index (κ2) is 9.45. The van der Waals surface area contributed by atoms with Crippen LogP contribution in [-0.2, 0) is 0 Å². The van der Waals surface area contributed by atoms with Crippen molar-refractivity contribution in [2.45, 2.75) is 54.4 Å². The molecule has 0 spiro atoms. The maximum Gasteiger partial charge on any atom is 0.115 e. The summed E-state index contributed by atoms with van der Waals surface area (Å²) in [5.74, 6) is 2.62. The number of aliphatic hydroxyl groups is 1. The van der Waals surface area contributed by atoms with Gasteiger partial charge in [-0.25, -0.2) is 0 Å². The number of rotatable bonds is 4. The predicted molar refractivity (Wildman–Crippen MR) is 111 cm³/mol. The molecule has 26 heavy (non-hydrogen) atoms. The Balaban J connectivity index is 0.00000105. The average molecular weight is 374 g/mol. The van der Waals surface area contributed by atoms with E-state index in [1.807, 2.05) is 19.1 Å². The highest BCUT2D eigenvalue weighted by Gasteiger charge is 2.18. The van der Waals surface area contributed by atoms with Crippen LogP contribution in [0.1, 0.15) is 54.4 Å². The Kier molecular flexibility index (Phi) is 7.92. The summed E-state index contributed by atoms with van der Waals surface area (Å²) in [6.07, 6.45) is 7.88. The fourth-order valence-electron chi connectivity index (χ4n) is 2.21. The highest BCUT2D eigenvalue weighted by Crippen LogP contribution is 2.30. The van der Waals surface area contributed by atoms with Gasteiger partial charge in [0.2, 0.25) is 0 Å². The smallest absolute Gasteiger partial charge is 0.115 e. The summed E-state index contributed by atoms with van der Waals surface area (Å²) in [7, 11) is 0. The summed E-state index contributed by atoms with van der Waals surface area (Å²) in [5.41, 5.74) is 3.29. The Morgan fingerprint density at radius 1 is 1.31 bits per heavy atom. The molecule has 2 aromatic rings. The Morgan fingerprint density at radius 2 is 1.88 bits per heavy atom. The van der Waals surface area contributed by atoms with Crippen LogP contribution in [0.25, 0.3) is 16.7 Å². The van der Waals surface area contributed by atoms with E-state index in [1.54, 1.807) is 23.9 Å². The van der Waals surface area contributed by atoms with Crippen LogP contribution in [0.15, 0.2) is 35.6 Å². The maximum atomic E-state index is 10.5. The Hall–Kier alpha value is -2.25. The fourth-order valence-corrected chi connectivity index (χ4v) is 2.38. The minimum Gasteiger partial charge on any atom is -0.512 e. The normalized spacial score (nSPS) is 12.9. The standard InChI is InChI=1S/C18H24ClN3O.C3H4/c1-6-7-14(11-17(23)12(2)18(3,4)5)22-20-15-9-8-13(19)10-16(15)21-22;1-3-2/h7-10,23H,6,11H2,1-5H3;1H,2H3/b14-7+,17-12-;. The van der Waals surface area contributed by atoms with E-state index in [-0.39, 0.29) is 5.41 Å². The van der Waals surface area contributed by atoms with Crippen molar-refractivity contribution in [3.63, 3.8) is 0 Å². The van der Waals surface area contributed by atoms with Gasteiger partial charge in [-0.05, 0) is 49.5 Å². The summed E-state index contributed by atoms with van der Waals surface area (Å²) in [6, 6.07) is 5.44. The van der Waals surface area contributed by atoms with Gasteiger partial charge in [0.15, 0.2) is 0 Å². The van der Waals surface area contributed by atoms with Crippen LogP contribution in [-0.4, -0.2) is 20.1 Å². The van der Waals surface area contributed by atoms with Gasteiger partial charge in [-0.15, -0.1) is 22.5 Å².